The Bertz CT molecular complexity index is 1010. The van der Waals surface area contributed by atoms with Gasteiger partial charge in [-0.1, -0.05) is 65.2 Å². The molecule has 4 aromatic rings. The first-order chi connectivity index (χ1) is 14.0. The predicted molar refractivity (Wildman–Crippen MR) is 127 cm³/mol. The summed E-state index contributed by atoms with van der Waals surface area (Å²) in [5.41, 5.74) is 3.70. The van der Waals surface area contributed by atoms with E-state index in [-0.39, 0.29) is 17.0 Å². The molecule has 0 unspecified atom stereocenters. The normalized spacial score (nSPS) is 11.0. The molecule has 0 saturated heterocycles. The predicted octanol–water partition coefficient (Wildman–Crippen LogP) is 1.94. The summed E-state index contributed by atoms with van der Waals surface area (Å²) in [6.45, 7) is 6.34. The number of phenolic OH excluding ortho intramolecular Hbond substituents is 1. The van der Waals surface area contributed by atoms with Crippen LogP contribution in [0.15, 0.2) is 97.1 Å². The molecular weight excluding hydrogens is 451 g/mol. The molecule has 152 valence electrons. The van der Waals surface area contributed by atoms with Gasteiger partial charge in [0, 0.05) is 0 Å². The van der Waals surface area contributed by atoms with Crippen LogP contribution in [0.25, 0.3) is 0 Å². The summed E-state index contributed by atoms with van der Waals surface area (Å²) in [6, 6.07) is 34.2. The quantitative estimate of drug-likeness (QED) is 0.446. The molecule has 0 aromatic heterocycles. The van der Waals surface area contributed by atoms with Crippen LogP contribution in [-0.4, -0.2) is 5.11 Å². The Balaban J connectivity index is 0.00000256. The second-order valence-corrected chi connectivity index (χ2v) is 11.0. The van der Waals surface area contributed by atoms with Gasteiger partial charge in [0.1, 0.15) is 23.2 Å². The molecule has 1 nitrogen and oxygen atoms in total. The van der Waals surface area contributed by atoms with Crippen LogP contribution < -0.4 is 38.2 Å². The lowest BCUT2D eigenvalue weighted by atomic mass is 10.2. The van der Waals surface area contributed by atoms with E-state index in [0.717, 1.165) is 5.30 Å². The lowest BCUT2D eigenvalue weighted by Gasteiger charge is -2.28. The minimum Gasteiger partial charge on any atom is -1.00 e. The van der Waals surface area contributed by atoms with Gasteiger partial charge < -0.3 is 22.1 Å². The van der Waals surface area contributed by atoms with Crippen LogP contribution in [0.1, 0.15) is 16.7 Å². The Labute approximate surface area is 190 Å². The summed E-state index contributed by atoms with van der Waals surface area (Å²) in [5, 5.41) is 15.8. The van der Waals surface area contributed by atoms with E-state index >= 15 is 0 Å². The molecule has 0 fully saturated rings. The summed E-state index contributed by atoms with van der Waals surface area (Å²) in [5.74, 6) is 0.350. The topological polar surface area (TPSA) is 20.2 Å². The number of benzene rings is 4. The number of aromatic hydroxyl groups is 1. The number of halogens is 1. The van der Waals surface area contributed by atoms with Crippen LogP contribution in [-0.2, 0) is 0 Å². The maximum Gasteiger partial charge on any atom is 0.159 e. The van der Waals surface area contributed by atoms with Crippen molar-refractivity contribution in [1.82, 2.24) is 0 Å². The van der Waals surface area contributed by atoms with Gasteiger partial charge in [-0.3, -0.25) is 0 Å². The Morgan fingerprint density at radius 1 is 0.500 bits per heavy atom. The van der Waals surface area contributed by atoms with Crippen molar-refractivity contribution in [2.45, 2.75) is 20.8 Å². The first-order valence-electron chi connectivity index (χ1n) is 9.91. The Hall–Kier alpha value is -2.41. The van der Waals surface area contributed by atoms with Crippen LogP contribution in [0.5, 0.6) is 5.75 Å². The van der Waals surface area contributed by atoms with Crippen molar-refractivity contribution in [3.05, 3.63) is 114 Å². The molecule has 0 amide bonds. The van der Waals surface area contributed by atoms with Gasteiger partial charge in [-0.15, -0.1) is 0 Å². The lowest BCUT2D eigenvalue weighted by Crippen LogP contribution is -3.00. The van der Waals surface area contributed by atoms with Gasteiger partial charge >= 0.3 is 0 Å². The summed E-state index contributed by atoms with van der Waals surface area (Å²) in [4.78, 5) is 0. The van der Waals surface area contributed by atoms with Crippen molar-refractivity contribution in [2.24, 2.45) is 0 Å². The summed E-state index contributed by atoms with van der Waals surface area (Å²) >= 11 is 0. The van der Waals surface area contributed by atoms with E-state index in [2.05, 4.69) is 99.6 Å². The zero-order valence-corrected chi connectivity index (χ0v) is 20.0. The van der Waals surface area contributed by atoms with E-state index in [9.17, 15) is 5.11 Å². The minimum absolute atomic E-state index is 0. The van der Waals surface area contributed by atoms with E-state index in [4.69, 9.17) is 0 Å². The molecule has 0 radical (unpaired) electrons. The number of aryl methyl sites for hydroxylation is 3. The monoisotopic (exact) mass is 476 g/mol. The number of para-hydroxylation sites is 1. The third-order valence-electron chi connectivity index (χ3n) is 5.51. The number of rotatable bonds is 4. The van der Waals surface area contributed by atoms with Crippen LogP contribution in [0, 0.1) is 20.8 Å². The second kappa shape index (κ2) is 9.16. The average Bonchev–Trinajstić information content (AvgIpc) is 2.73. The highest BCUT2D eigenvalue weighted by molar-refractivity contribution is 8.01. The molecule has 4 rings (SSSR count). The van der Waals surface area contributed by atoms with Crippen molar-refractivity contribution >= 4 is 28.5 Å². The van der Waals surface area contributed by atoms with E-state index in [1.807, 2.05) is 12.1 Å². The van der Waals surface area contributed by atoms with Gasteiger partial charge in [0.05, 0.1) is 0 Å². The molecule has 0 aliphatic heterocycles. The first-order valence-corrected chi connectivity index (χ1v) is 11.7. The molecule has 30 heavy (non-hydrogen) atoms. The van der Waals surface area contributed by atoms with Gasteiger partial charge in [-0.25, -0.2) is 0 Å². The van der Waals surface area contributed by atoms with Crippen LogP contribution in [0.2, 0.25) is 0 Å². The van der Waals surface area contributed by atoms with E-state index < -0.39 is 7.26 Å². The highest BCUT2D eigenvalue weighted by Crippen LogP contribution is 2.56. The Morgan fingerprint density at radius 2 is 0.833 bits per heavy atom. The zero-order chi connectivity index (χ0) is 20.4. The highest BCUT2D eigenvalue weighted by atomic mass is 79.9. The smallest absolute Gasteiger partial charge is 0.159 e. The fourth-order valence-electron chi connectivity index (χ4n) is 3.92. The van der Waals surface area contributed by atoms with Gasteiger partial charge in [0.15, 0.2) is 11.1 Å². The van der Waals surface area contributed by atoms with Crippen molar-refractivity contribution in [1.29, 1.82) is 0 Å². The maximum atomic E-state index is 11.0. The standard InChI is InChI=1S/C27H25OP.BrH/c1-20-8-14-23(15-9-20)29(24-16-10-21(2)11-17-24,25-18-12-22(3)13-19-25)27-7-5-4-6-26(27)28;/h4-19H,1-3H3;1H. The molecule has 0 aliphatic rings. The van der Waals surface area contributed by atoms with Crippen molar-refractivity contribution in [2.75, 3.05) is 0 Å². The first kappa shape index (κ1) is 22.3. The van der Waals surface area contributed by atoms with Crippen molar-refractivity contribution in [3.63, 3.8) is 0 Å². The molecule has 1 N–H and O–H groups in total. The molecule has 0 saturated carbocycles. The molecule has 3 heteroatoms. The summed E-state index contributed by atoms with van der Waals surface area (Å²) in [6.07, 6.45) is 0. The molecule has 0 bridgehead atoms. The highest BCUT2D eigenvalue weighted by Gasteiger charge is 2.49. The molecule has 0 aliphatic carbocycles. The number of phenols is 1. The molecule has 0 spiro atoms. The van der Waals surface area contributed by atoms with Crippen LogP contribution in [0.3, 0.4) is 0 Å². The van der Waals surface area contributed by atoms with Gasteiger partial charge in [-0.2, -0.15) is 0 Å². The number of hydrogen-bond acceptors (Lipinski definition) is 1. The van der Waals surface area contributed by atoms with Crippen molar-refractivity contribution in [3.8, 4) is 5.75 Å². The van der Waals surface area contributed by atoms with Gasteiger partial charge in [-0.05, 0) is 69.3 Å². The summed E-state index contributed by atoms with van der Waals surface area (Å²) in [7, 11) is -2.25. The molecule has 0 heterocycles. The Morgan fingerprint density at radius 3 is 1.17 bits per heavy atom. The van der Waals surface area contributed by atoms with E-state index in [1.165, 1.54) is 32.6 Å². The van der Waals surface area contributed by atoms with E-state index in [0.29, 0.717) is 5.75 Å². The van der Waals surface area contributed by atoms with E-state index in [1.54, 1.807) is 6.07 Å². The SMILES string of the molecule is Cc1ccc([P+](c2ccc(C)cc2)(c2ccc(C)cc2)c2ccccc2O)cc1.[Br-]. The third-order valence-corrected chi connectivity index (χ3v) is 9.83. The molecular formula is C27H26BrOP. The Kier molecular flexibility index (Phi) is 6.81. The summed E-state index contributed by atoms with van der Waals surface area (Å²) < 4.78 is 0. The van der Waals surface area contributed by atoms with Crippen LogP contribution in [0.4, 0.5) is 0 Å². The van der Waals surface area contributed by atoms with Crippen molar-refractivity contribution < 1.29 is 22.1 Å². The third kappa shape index (κ3) is 3.95. The second-order valence-electron chi connectivity index (χ2n) is 7.67. The lowest BCUT2D eigenvalue weighted by molar-refractivity contribution is -0.00000683. The van der Waals surface area contributed by atoms with Gasteiger partial charge in [0.2, 0.25) is 0 Å². The zero-order valence-electron chi connectivity index (χ0n) is 17.5. The van der Waals surface area contributed by atoms with Crippen LogP contribution >= 0.6 is 7.26 Å². The molecule has 4 aromatic carbocycles. The average molecular weight is 477 g/mol. The largest absolute Gasteiger partial charge is 1.00 e. The fourth-order valence-corrected chi connectivity index (χ4v) is 8.16. The molecule has 0 atom stereocenters. The maximum absolute atomic E-state index is 11.0. The fraction of sp³-hybridized carbons (Fsp3) is 0.111. The number of hydrogen-bond donors (Lipinski definition) is 1. The minimum atomic E-state index is -2.25. The van der Waals surface area contributed by atoms with Gasteiger partial charge in [0.25, 0.3) is 0 Å².